The third-order valence-electron chi connectivity index (χ3n) is 3.14. The minimum atomic E-state index is 0.672. The second-order valence-electron chi connectivity index (χ2n) is 4.46. The SMILES string of the molecule is CCC(Nc1ccc(Br)c(C)c1)C1CC1. The predicted octanol–water partition coefficient (Wildman–Crippen LogP) is 4.36. The normalized spacial score (nSPS) is 17.5. The Balaban J connectivity index is 2.05. The van der Waals surface area contributed by atoms with Crippen LogP contribution in [0.15, 0.2) is 22.7 Å². The number of rotatable bonds is 4. The van der Waals surface area contributed by atoms with Crippen LogP contribution in [0.5, 0.6) is 0 Å². The van der Waals surface area contributed by atoms with Gasteiger partial charge in [-0.2, -0.15) is 0 Å². The van der Waals surface area contributed by atoms with Gasteiger partial charge < -0.3 is 5.32 Å². The Hall–Kier alpha value is -0.500. The molecule has 0 aliphatic heterocycles. The quantitative estimate of drug-likeness (QED) is 0.855. The van der Waals surface area contributed by atoms with E-state index in [4.69, 9.17) is 0 Å². The predicted molar refractivity (Wildman–Crippen MR) is 69.3 cm³/mol. The molecule has 1 aromatic rings. The fourth-order valence-corrected chi connectivity index (χ4v) is 2.25. The molecule has 15 heavy (non-hydrogen) atoms. The van der Waals surface area contributed by atoms with Gasteiger partial charge in [-0.05, 0) is 55.9 Å². The number of hydrogen-bond acceptors (Lipinski definition) is 1. The maximum absolute atomic E-state index is 3.64. The van der Waals surface area contributed by atoms with Gasteiger partial charge in [-0.25, -0.2) is 0 Å². The van der Waals surface area contributed by atoms with E-state index in [1.807, 2.05) is 0 Å². The van der Waals surface area contributed by atoms with Gasteiger partial charge in [0, 0.05) is 16.2 Å². The Morgan fingerprint density at radius 3 is 2.73 bits per heavy atom. The van der Waals surface area contributed by atoms with Crippen molar-refractivity contribution in [2.24, 2.45) is 5.92 Å². The zero-order valence-electron chi connectivity index (χ0n) is 9.39. The van der Waals surface area contributed by atoms with Gasteiger partial charge in [0.15, 0.2) is 0 Å². The van der Waals surface area contributed by atoms with Gasteiger partial charge in [0.25, 0.3) is 0 Å². The van der Waals surface area contributed by atoms with E-state index in [2.05, 4.69) is 53.3 Å². The van der Waals surface area contributed by atoms with Gasteiger partial charge in [0.2, 0.25) is 0 Å². The Bertz CT molecular complexity index is 344. The molecule has 0 bridgehead atoms. The van der Waals surface area contributed by atoms with Crippen LogP contribution >= 0.6 is 15.9 Å². The maximum Gasteiger partial charge on any atom is 0.0345 e. The van der Waals surface area contributed by atoms with Crippen molar-refractivity contribution in [3.05, 3.63) is 28.2 Å². The largest absolute Gasteiger partial charge is 0.382 e. The molecular weight excluding hydrogens is 250 g/mol. The van der Waals surface area contributed by atoms with Gasteiger partial charge >= 0.3 is 0 Å². The smallest absolute Gasteiger partial charge is 0.0345 e. The lowest BCUT2D eigenvalue weighted by molar-refractivity contribution is 0.616. The molecule has 0 radical (unpaired) electrons. The third kappa shape index (κ3) is 2.75. The van der Waals surface area contributed by atoms with Crippen LogP contribution in [0.4, 0.5) is 5.69 Å². The molecule has 0 spiro atoms. The summed E-state index contributed by atoms with van der Waals surface area (Å²) in [7, 11) is 0. The molecule has 0 amide bonds. The van der Waals surface area contributed by atoms with E-state index in [0.717, 1.165) is 5.92 Å². The summed E-state index contributed by atoms with van der Waals surface area (Å²) < 4.78 is 1.19. The highest BCUT2D eigenvalue weighted by atomic mass is 79.9. The topological polar surface area (TPSA) is 12.0 Å². The molecule has 1 fully saturated rings. The average molecular weight is 268 g/mol. The van der Waals surface area contributed by atoms with Crippen molar-refractivity contribution in [1.82, 2.24) is 0 Å². The van der Waals surface area contributed by atoms with Gasteiger partial charge in [0.05, 0.1) is 0 Å². The summed E-state index contributed by atoms with van der Waals surface area (Å²) in [4.78, 5) is 0. The zero-order chi connectivity index (χ0) is 10.8. The molecule has 0 saturated heterocycles. The molecule has 1 N–H and O–H groups in total. The molecule has 1 aliphatic rings. The molecule has 1 saturated carbocycles. The Morgan fingerprint density at radius 2 is 2.20 bits per heavy atom. The first-order valence-electron chi connectivity index (χ1n) is 5.73. The molecule has 0 heterocycles. The number of nitrogens with one attached hydrogen (secondary N) is 1. The summed E-state index contributed by atoms with van der Waals surface area (Å²) >= 11 is 3.53. The molecule has 0 aromatic heterocycles. The van der Waals surface area contributed by atoms with E-state index in [0.29, 0.717) is 6.04 Å². The van der Waals surface area contributed by atoms with Crippen LogP contribution in [0.25, 0.3) is 0 Å². The lowest BCUT2D eigenvalue weighted by Gasteiger charge is -2.18. The lowest BCUT2D eigenvalue weighted by Crippen LogP contribution is -2.20. The van der Waals surface area contributed by atoms with Crippen molar-refractivity contribution in [2.75, 3.05) is 5.32 Å². The van der Waals surface area contributed by atoms with Crippen LogP contribution in [-0.2, 0) is 0 Å². The van der Waals surface area contributed by atoms with E-state index in [-0.39, 0.29) is 0 Å². The second kappa shape index (κ2) is 4.56. The van der Waals surface area contributed by atoms with Crippen molar-refractivity contribution >= 4 is 21.6 Å². The maximum atomic E-state index is 3.64. The number of hydrogen-bond donors (Lipinski definition) is 1. The highest BCUT2D eigenvalue weighted by Crippen LogP contribution is 2.35. The van der Waals surface area contributed by atoms with Crippen molar-refractivity contribution in [3.8, 4) is 0 Å². The van der Waals surface area contributed by atoms with Gasteiger partial charge in [0.1, 0.15) is 0 Å². The Morgan fingerprint density at radius 1 is 1.47 bits per heavy atom. The lowest BCUT2D eigenvalue weighted by atomic mass is 10.1. The summed E-state index contributed by atoms with van der Waals surface area (Å²) in [5.41, 5.74) is 2.56. The summed E-state index contributed by atoms with van der Waals surface area (Å²) in [5.74, 6) is 0.916. The minimum Gasteiger partial charge on any atom is -0.382 e. The average Bonchev–Trinajstić information content (AvgIpc) is 3.03. The van der Waals surface area contributed by atoms with Crippen LogP contribution in [0, 0.1) is 12.8 Å². The summed E-state index contributed by atoms with van der Waals surface area (Å²) in [6, 6.07) is 7.17. The van der Waals surface area contributed by atoms with Crippen molar-refractivity contribution in [1.29, 1.82) is 0 Å². The monoisotopic (exact) mass is 267 g/mol. The molecule has 82 valence electrons. The summed E-state index contributed by atoms with van der Waals surface area (Å²) in [6.45, 7) is 4.40. The molecule has 1 unspecified atom stereocenters. The van der Waals surface area contributed by atoms with Gasteiger partial charge in [-0.15, -0.1) is 0 Å². The van der Waals surface area contributed by atoms with Gasteiger partial charge in [-0.1, -0.05) is 22.9 Å². The molecule has 1 aliphatic carbocycles. The Kier molecular flexibility index (Phi) is 3.35. The standard InChI is InChI=1S/C13H18BrN/c1-3-13(10-4-5-10)15-11-6-7-12(14)9(2)8-11/h6-8,10,13,15H,3-5H2,1-2H3. The molecule has 2 rings (SSSR count). The number of anilines is 1. The molecule has 1 aromatic carbocycles. The molecule has 1 atom stereocenters. The van der Waals surface area contributed by atoms with Crippen LogP contribution in [0.3, 0.4) is 0 Å². The van der Waals surface area contributed by atoms with Crippen molar-refractivity contribution in [2.45, 2.75) is 39.2 Å². The number of aryl methyl sites for hydroxylation is 1. The first-order chi connectivity index (χ1) is 7.20. The van der Waals surface area contributed by atoms with E-state index < -0.39 is 0 Å². The fraction of sp³-hybridized carbons (Fsp3) is 0.538. The van der Waals surface area contributed by atoms with Gasteiger partial charge in [-0.3, -0.25) is 0 Å². The van der Waals surface area contributed by atoms with Crippen molar-refractivity contribution in [3.63, 3.8) is 0 Å². The van der Waals surface area contributed by atoms with Crippen LogP contribution in [0.2, 0.25) is 0 Å². The number of halogens is 1. The summed E-state index contributed by atoms with van der Waals surface area (Å²) in [5, 5.41) is 3.64. The minimum absolute atomic E-state index is 0.672. The van der Waals surface area contributed by atoms with E-state index >= 15 is 0 Å². The highest BCUT2D eigenvalue weighted by Gasteiger charge is 2.29. The molecule has 1 nitrogen and oxygen atoms in total. The fourth-order valence-electron chi connectivity index (χ4n) is 2.00. The van der Waals surface area contributed by atoms with Crippen LogP contribution < -0.4 is 5.32 Å². The molecule has 2 heteroatoms. The number of benzene rings is 1. The third-order valence-corrected chi connectivity index (χ3v) is 4.03. The molecular formula is C13H18BrN. The summed E-state index contributed by atoms with van der Waals surface area (Å²) in [6.07, 6.45) is 4.03. The van der Waals surface area contributed by atoms with Crippen LogP contribution in [0.1, 0.15) is 31.7 Å². The first-order valence-corrected chi connectivity index (χ1v) is 6.52. The van der Waals surface area contributed by atoms with E-state index in [9.17, 15) is 0 Å². The second-order valence-corrected chi connectivity index (χ2v) is 5.31. The zero-order valence-corrected chi connectivity index (χ0v) is 11.0. The van der Waals surface area contributed by atoms with E-state index in [1.54, 1.807) is 0 Å². The first kappa shape index (κ1) is 11.0. The van der Waals surface area contributed by atoms with Crippen LogP contribution in [-0.4, -0.2) is 6.04 Å². The van der Waals surface area contributed by atoms with Crippen molar-refractivity contribution < 1.29 is 0 Å². The highest BCUT2D eigenvalue weighted by molar-refractivity contribution is 9.10. The van der Waals surface area contributed by atoms with E-state index in [1.165, 1.54) is 35.0 Å². The Labute approximate surface area is 100 Å².